The van der Waals surface area contributed by atoms with Crippen molar-refractivity contribution in [1.29, 1.82) is 5.26 Å². The first-order valence-corrected chi connectivity index (χ1v) is 7.45. The number of nitrogens with one attached hydrogen (secondary N) is 1. The highest BCUT2D eigenvalue weighted by Crippen LogP contribution is 2.24. The highest BCUT2D eigenvalue weighted by atomic mass is 15.1. The molecule has 0 aromatic heterocycles. The fourth-order valence-corrected chi connectivity index (χ4v) is 2.60. The molecule has 1 fully saturated rings. The van der Waals surface area contributed by atoms with Crippen molar-refractivity contribution < 1.29 is 0 Å². The Morgan fingerprint density at radius 3 is 2.40 bits per heavy atom. The van der Waals surface area contributed by atoms with Crippen molar-refractivity contribution in [1.82, 2.24) is 4.90 Å². The Kier molecular flexibility index (Phi) is 4.67. The largest absolute Gasteiger partial charge is 0.385 e. The van der Waals surface area contributed by atoms with E-state index < -0.39 is 5.41 Å². The van der Waals surface area contributed by atoms with Gasteiger partial charge in [0.1, 0.15) is 0 Å². The monoisotopic (exact) mass is 271 g/mol. The molecule has 0 spiro atoms. The summed E-state index contributed by atoms with van der Waals surface area (Å²) in [7, 11) is 2.19. The van der Waals surface area contributed by atoms with E-state index in [-0.39, 0.29) is 0 Å². The van der Waals surface area contributed by atoms with Crippen molar-refractivity contribution >= 4 is 5.69 Å². The van der Waals surface area contributed by atoms with Gasteiger partial charge in [0, 0.05) is 12.2 Å². The molecule has 1 aliphatic heterocycles. The van der Waals surface area contributed by atoms with Gasteiger partial charge < -0.3 is 10.2 Å². The van der Waals surface area contributed by atoms with Gasteiger partial charge in [0.15, 0.2) is 0 Å². The van der Waals surface area contributed by atoms with Gasteiger partial charge in [0.2, 0.25) is 0 Å². The number of nitriles is 1. The zero-order valence-corrected chi connectivity index (χ0v) is 12.8. The molecule has 3 heteroatoms. The fourth-order valence-electron chi connectivity index (χ4n) is 2.60. The van der Waals surface area contributed by atoms with Crippen molar-refractivity contribution in [2.24, 2.45) is 5.92 Å². The van der Waals surface area contributed by atoms with E-state index >= 15 is 0 Å². The summed E-state index contributed by atoms with van der Waals surface area (Å²) in [6.45, 7) is 7.38. The average molecular weight is 271 g/mol. The molecule has 0 aliphatic carbocycles. The van der Waals surface area contributed by atoms with E-state index in [1.807, 2.05) is 13.8 Å². The van der Waals surface area contributed by atoms with Crippen LogP contribution in [0.2, 0.25) is 0 Å². The molecule has 0 saturated carbocycles. The number of rotatable bonds is 4. The molecule has 2 rings (SSSR count). The van der Waals surface area contributed by atoms with E-state index in [0.29, 0.717) is 0 Å². The summed E-state index contributed by atoms with van der Waals surface area (Å²) in [6, 6.07) is 10.6. The second-order valence-corrected chi connectivity index (χ2v) is 6.44. The lowest BCUT2D eigenvalue weighted by Gasteiger charge is -2.29. The second kappa shape index (κ2) is 6.28. The Labute approximate surface area is 122 Å². The lowest BCUT2D eigenvalue weighted by atomic mass is 9.86. The van der Waals surface area contributed by atoms with Crippen LogP contribution in [0.1, 0.15) is 32.3 Å². The van der Waals surface area contributed by atoms with Gasteiger partial charge in [-0.2, -0.15) is 5.26 Å². The van der Waals surface area contributed by atoms with E-state index in [1.165, 1.54) is 25.9 Å². The van der Waals surface area contributed by atoms with Gasteiger partial charge in [-0.3, -0.25) is 0 Å². The Hall–Kier alpha value is -1.53. The summed E-state index contributed by atoms with van der Waals surface area (Å²) < 4.78 is 0. The lowest BCUT2D eigenvalue weighted by molar-refractivity contribution is 0.226. The summed E-state index contributed by atoms with van der Waals surface area (Å²) in [5.74, 6) is 0.779. The molecule has 0 radical (unpaired) electrons. The molecule has 0 atom stereocenters. The number of piperidine rings is 1. The smallest absolute Gasteiger partial charge is 0.0766 e. The Bertz CT molecular complexity index is 462. The first-order valence-electron chi connectivity index (χ1n) is 7.45. The topological polar surface area (TPSA) is 39.1 Å². The predicted molar refractivity (Wildman–Crippen MR) is 83.8 cm³/mol. The molecule has 108 valence electrons. The van der Waals surface area contributed by atoms with Crippen molar-refractivity contribution in [2.75, 3.05) is 32.0 Å². The van der Waals surface area contributed by atoms with Gasteiger partial charge in [0.05, 0.1) is 11.5 Å². The Morgan fingerprint density at radius 1 is 1.25 bits per heavy atom. The van der Waals surface area contributed by atoms with Crippen LogP contribution in [0.4, 0.5) is 5.69 Å². The van der Waals surface area contributed by atoms with Crippen LogP contribution < -0.4 is 5.32 Å². The van der Waals surface area contributed by atoms with E-state index in [2.05, 4.69) is 47.6 Å². The molecule has 1 aromatic carbocycles. The number of likely N-dealkylation sites (tertiary alicyclic amines) is 1. The molecule has 1 heterocycles. The van der Waals surface area contributed by atoms with Gasteiger partial charge in [0.25, 0.3) is 0 Å². The van der Waals surface area contributed by atoms with Crippen LogP contribution >= 0.6 is 0 Å². The molecule has 3 nitrogen and oxygen atoms in total. The van der Waals surface area contributed by atoms with Crippen LogP contribution in [0, 0.1) is 17.2 Å². The van der Waals surface area contributed by atoms with Crippen LogP contribution in [0.15, 0.2) is 24.3 Å². The van der Waals surface area contributed by atoms with Crippen LogP contribution in [-0.4, -0.2) is 31.6 Å². The molecule has 1 N–H and O–H groups in total. The summed E-state index contributed by atoms with van der Waals surface area (Å²) in [5, 5.41) is 12.7. The first kappa shape index (κ1) is 14.9. The van der Waals surface area contributed by atoms with Crippen molar-refractivity contribution in [3.63, 3.8) is 0 Å². The van der Waals surface area contributed by atoms with Gasteiger partial charge >= 0.3 is 0 Å². The van der Waals surface area contributed by atoms with Crippen molar-refractivity contribution in [2.45, 2.75) is 32.1 Å². The van der Waals surface area contributed by atoms with Gasteiger partial charge in [-0.05, 0) is 70.4 Å². The molecule has 1 aromatic rings. The normalized spacial score (nSPS) is 17.7. The third-order valence-electron chi connectivity index (χ3n) is 4.32. The third kappa shape index (κ3) is 3.74. The molecule has 1 saturated heterocycles. The Balaban J connectivity index is 1.87. The zero-order valence-electron chi connectivity index (χ0n) is 12.8. The predicted octanol–water partition coefficient (Wildman–Crippen LogP) is 3.24. The van der Waals surface area contributed by atoms with E-state index in [4.69, 9.17) is 5.26 Å². The van der Waals surface area contributed by atoms with Crippen LogP contribution in [0.5, 0.6) is 0 Å². The molecule has 0 amide bonds. The highest BCUT2D eigenvalue weighted by molar-refractivity contribution is 5.47. The minimum atomic E-state index is -0.410. The number of benzene rings is 1. The molecular weight excluding hydrogens is 246 g/mol. The van der Waals surface area contributed by atoms with Crippen molar-refractivity contribution in [3.05, 3.63) is 29.8 Å². The van der Waals surface area contributed by atoms with Gasteiger partial charge in [-0.25, -0.2) is 0 Å². The Morgan fingerprint density at radius 2 is 1.85 bits per heavy atom. The second-order valence-electron chi connectivity index (χ2n) is 6.44. The van der Waals surface area contributed by atoms with Crippen LogP contribution in [0.3, 0.4) is 0 Å². The molecule has 0 bridgehead atoms. The maximum Gasteiger partial charge on any atom is 0.0766 e. The number of nitrogens with zero attached hydrogens (tertiary/aromatic N) is 2. The summed E-state index contributed by atoms with van der Waals surface area (Å²) in [6.07, 6.45) is 2.56. The average Bonchev–Trinajstić information content (AvgIpc) is 2.47. The van der Waals surface area contributed by atoms with E-state index in [9.17, 15) is 0 Å². The lowest BCUT2D eigenvalue weighted by Crippen LogP contribution is -2.32. The molecule has 0 unspecified atom stereocenters. The molecule has 20 heavy (non-hydrogen) atoms. The van der Waals surface area contributed by atoms with Crippen molar-refractivity contribution in [3.8, 4) is 6.07 Å². The number of anilines is 1. The first-order chi connectivity index (χ1) is 9.51. The maximum atomic E-state index is 9.14. The summed E-state index contributed by atoms with van der Waals surface area (Å²) >= 11 is 0. The van der Waals surface area contributed by atoms with Crippen LogP contribution in [-0.2, 0) is 5.41 Å². The quantitative estimate of drug-likeness (QED) is 0.913. The minimum Gasteiger partial charge on any atom is -0.385 e. The van der Waals surface area contributed by atoms with Gasteiger partial charge in [-0.1, -0.05) is 12.1 Å². The SMILES string of the molecule is CN1CCC(CNc2ccc(C(C)(C)C#N)cc2)CC1. The third-order valence-corrected chi connectivity index (χ3v) is 4.32. The maximum absolute atomic E-state index is 9.14. The summed E-state index contributed by atoms with van der Waals surface area (Å²) in [5.41, 5.74) is 1.82. The number of hydrogen-bond acceptors (Lipinski definition) is 3. The standard InChI is InChI=1S/C17H25N3/c1-17(2,13-18)15-4-6-16(7-5-15)19-12-14-8-10-20(3)11-9-14/h4-7,14,19H,8-12H2,1-3H3. The van der Waals surface area contributed by atoms with E-state index in [0.717, 1.165) is 23.7 Å². The van der Waals surface area contributed by atoms with Crippen LogP contribution in [0.25, 0.3) is 0 Å². The van der Waals surface area contributed by atoms with E-state index in [1.54, 1.807) is 0 Å². The molecule has 1 aliphatic rings. The summed E-state index contributed by atoms with van der Waals surface area (Å²) in [4.78, 5) is 2.40. The highest BCUT2D eigenvalue weighted by Gasteiger charge is 2.19. The fraction of sp³-hybridized carbons (Fsp3) is 0.588. The van der Waals surface area contributed by atoms with Gasteiger partial charge in [-0.15, -0.1) is 0 Å². The number of hydrogen-bond donors (Lipinski definition) is 1. The zero-order chi connectivity index (χ0) is 14.6. The molecular formula is C17H25N3. The minimum absolute atomic E-state index is 0.410.